The molecule has 0 aliphatic rings. The summed E-state index contributed by atoms with van der Waals surface area (Å²) in [5.74, 6) is 0.174. The van der Waals surface area contributed by atoms with Crippen LogP contribution < -0.4 is 0 Å². The van der Waals surface area contributed by atoms with Gasteiger partial charge in [0.2, 0.25) is 0 Å². The number of hydrogen-bond donors (Lipinski definition) is 0. The van der Waals surface area contributed by atoms with Crippen molar-refractivity contribution in [2.75, 3.05) is 6.61 Å². The van der Waals surface area contributed by atoms with Crippen LogP contribution in [-0.4, -0.2) is 21.2 Å². The summed E-state index contributed by atoms with van der Waals surface area (Å²) in [5.41, 5.74) is 0. The molecule has 0 bridgehead atoms. The zero-order valence-electron chi connectivity index (χ0n) is 11.1. The van der Waals surface area contributed by atoms with Crippen LogP contribution >= 0.6 is 0 Å². The van der Waals surface area contributed by atoms with Gasteiger partial charge in [0, 0.05) is 12.5 Å². The number of carbonyl (C=O) groups excluding carboxylic acids is 1. The average molecular weight is 230 g/mol. The molecular weight excluding hydrogens is 204 g/mol. The fourth-order valence-electron chi connectivity index (χ4n) is 1.02. The lowest BCUT2D eigenvalue weighted by Crippen LogP contribution is -2.41. The Morgan fingerprint density at radius 1 is 1.33 bits per heavy atom. The van der Waals surface area contributed by atoms with Gasteiger partial charge in [-0.1, -0.05) is 27.7 Å². The van der Waals surface area contributed by atoms with Gasteiger partial charge in [-0.25, -0.2) is 0 Å². The van der Waals surface area contributed by atoms with E-state index in [1.165, 1.54) is 0 Å². The quantitative estimate of drug-likeness (QED) is 0.396. The minimum atomic E-state index is -1.58. The van der Waals surface area contributed by atoms with E-state index in [4.69, 9.17) is 4.43 Å². The van der Waals surface area contributed by atoms with Crippen LogP contribution in [0.5, 0.6) is 0 Å². The fourth-order valence-corrected chi connectivity index (χ4v) is 2.10. The summed E-state index contributed by atoms with van der Waals surface area (Å²) in [6.45, 7) is 14.0. The SMILES string of the molecule is C[C@H](C=O)CCCO[Si](C)(C)C(C)(C)C. The molecule has 0 aromatic heterocycles. The molecule has 0 aliphatic carbocycles. The molecule has 15 heavy (non-hydrogen) atoms. The van der Waals surface area contributed by atoms with Gasteiger partial charge in [-0.15, -0.1) is 0 Å². The van der Waals surface area contributed by atoms with E-state index < -0.39 is 8.32 Å². The van der Waals surface area contributed by atoms with E-state index in [9.17, 15) is 4.79 Å². The maximum absolute atomic E-state index is 10.4. The highest BCUT2D eigenvalue weighted by Crippen LogP contribution is 2.36. The molecule has 0 rings (SSSR count). The number of carbonyl (C=O) groups is 1. The van der Waals surface area contributed by atoms with Gasteiger partial charge in [0.15, 0.2) is 8.32 Å². The first kappa shape index (κ1) is 14.8. The van der Waals surface area contributed by atoms with Crippen LogP contribution in [0.1, 0.15) is 40.5 Å². The minimum absolute atomic E-state index is 0.174. The highest BCUT2D eigenvalue weighted by atomic mass is 28.4. The Morgan fingerprint density at radius 2 is 1.87 bits per heavy atom. The Bertz CT molecular complexity index is 194. The summed E-state index contributed by atoms with van der Waals surface area (Å²) in [6, 6.07) is 0. The predicted molar refractivity (Wildman–Crippen MR) is 67.6 cm³/mol. The highest BCUT2D eigenvalue weighted by Gasteiger charge is 2.36. The standard InChI is InChI=1S/C12H26O2Si/c1-11(10-13)8-7-9-14-15(5,6)12(2,3)4/h10-11H,7-9H2,1-6H3/t11-/m0/s1. The van der Waals surface area contributed by atoms with Crippen LogP contribution in [0.4, 0.5) is 0 Å². The Balaban J connectivity index is 3.81. The summed E-state index contributed by atoms with van der Waals surface area (Å²) in [5, 5.41) is 0.281. The highest BCUT2D eigenvalue weighted by molar-refractivity contribution is 6.74. The van der Waals surface area contributed by atoms with E-state index in [2.05, 4.69) is 33.9 Å². The third kappa shape index (κ3) is 5.47. The molecule has 1 atom stereocenters. The molecular formula is C12H26O2Si. The van der Waals surface area contributed by atoms with Crippen molar-refractivity contribution in [1.82, 2.24) is 0 Å². The van der Waals surface area contributed by atoms with Crippen molar-refractivity contribution in [1.29, 1.82) is 0 Å². The van der Waals surface area contributed by atoms with E-state index in [1.54, 1.807) is 0 Å². The van der Waals surface area contributed by atoms with E-state index in [0.29, 0.717) is 0 Å². The molecule has 0 saturated heterocycles. The number of rotatable bonds is 6. The van der Waals surface area contributed by atoms with Crippen molar-refractivity contribution < 1.29 is 9.22 Å². The van der Waals surface area contributed by atoms with Crippen LogP contribution in [-0.2, 0) is 9.22 Å². The third-order valence-electron chi connectivity index (χ3n) is 3.31. The molecule has 0 amide bonds. The van der Waals surface area contributed by atoms with Gasteiger partial charge in [-0.05, 0) is 31.0 Å². The lowest BCUT2D eigenvalue weighted by atomic mass is 10.1. The predicted octanol–water partition coefficient (Wildman–Crippen LogP) is 3.62. The van der Waals surface area contributed by atoms with Crippen molar-refractivity contribution in [3.8, 4) is 0 Å². The molecule has 0 heterocycles. The van der Waals surface area contributed by atoms with Crippen LogP contribution in [0.15, 0.2) is 0 Å². The molecule has 0 aliphatic heterocycles. The van der Waals surface area contributed by atoms with Gasteiger partial charge in [-0.2, -0.15) is 0 Å². The molecule has 0 fully saturated rings. The maximum Gasteiger partial charge on any atom is 0.191 e. The Morgan fingerprint density at radius 3 is 2.27 bits per heavy atom. The zero-order valence-corrected chi connectivity index (χ0v) is 12.1. The maximum atomic E-state index is 10.4. The Hall–Kier alpha value is -0.153. The van der Waals surface area contributed by atoms with Gasteiger partial charge >= 0.3 is 0 Å². The average Bonchev–Trinajstić information content (AvgIpc) is 2.10. The van der Waals surface area contributed by atoms with Gasteiger partial charge < -0.3 is 9.22 Å². The van der Waals surface area contributed by atoms with Gasteiger partial charge in [0.1, 0.15) is 6.29 Å². The first-order valence-corrected chi connectivity index (χ1v) is 8.71. The zero-order chi connectivity index (χ0) is 12.1. The van der Waals surface area contributed by atoms with E-state index in [-0.39, 0.29) is 11.0 Å². The Kier molecular flexibility index (Phi) is 5.74. The largest absolute Gasteiger partial charge is 0.417 e. The monoisotopic (exact) mass is 230 g/mol. The fraction of sp³-hybridized carbons (Fsp3) is 0.917. The van der Waals surface area contributed by atoms with E-state index >= 15 is 0 Å². The van der Waals surface area contributed by atoms with Crippen molar-refractivity contribution >= 4 is 14.6 Å². The lowest BCUT2D eigenvalue weighted by molar-refractivity contribution is -0.110. The number of hydrogen-bond acceptors (Lipinski definition) is 2. The molecule has 0 N–H and O–H groups in total. The summed E-state index contributed by atoms with van der Waals surface area (Å²) >= 11 is 0. The normalized spacial score (nSPS) is 15.1. The van der Waals surface area contributed by atoms with Gasteiger partial charge in [0.05, 0.1) is 0 Å². The van der Waals surface area contributed by atoms with Crippen molar-refractivity contribution in [3.05, 3.63) is 0 Å². The van der Waals surface area contributed by atoms with Crippen LogP contribution in [0, 0.1) is 5.92 Å². The van der Waals surface area contributed by atoms with E-state index in [1.807, 2.05) is 6.92 Å². The molecule has 2 nitrogen and oxygen atoms in total. The first-order valence-electron chi connectivity index (χ1n) is 5.80. The molecule has 0 aromatic rings. The molecule has 0 radical (unpaired) electrons. The van der Waals surface area contributed by atoms with Crippen molar-refractivity contribution in [3.63, 3.8) is 0 Å². The lowest BCUT2D eigenvalue weighted by Gasteiger charge is -2.36. The smallest absolute Gasteiger partial charge is 0.191 e. The molecule has 0 unspecified atom stereocenters. The summed E-state index contributed by atoms with van der Waals surface area (Å²) in [6.07, 6.45) is 2.96. The topological polar surface area (TPSA) is 26.3 Å². The van der Waals surface area contributed by atoms with Gasteiger partial charge in [-0.3, -0.25) is 0 Å². The Labute approximate surface area is 95.5 Å². The van der Waals surface area contributed by atoms with Crippen LogP contribution in [0.25, 0.3) is 0 Å². The second-order valence-electron chi connectivity index (χ2n) is 5.86. The third-order valence-corrected chi connectivity index (χ3v) is 7.84. The van der Waals surface area contributed by atoms with Crippen molar-refractivity contribution in [2.45, 2.75) is 58.7 Å². The first-order chi connectivity index (χ1) is 6.70. The summed E-state index contributed by atoms with van der Waals surface area (Å²) in [7, 11) is -1.58. The molecule has 90 valence electrons. The molecule has 0 saturated carbocycles. The number of aldehydes is 1. The molecule has 0 aromatic carbocycles. The second kappa shape index (κ2) is 5.80. The second-order valence-corrected chi connectivity index (χ2v) is 10.7. The van der Waals surface area contributed by atoms with Crippen LogP contribution in [0.3, 0.4) is 0 Å². The van der Waals surface area contributed by atoms with Gasteiger partial charge in [0.25, 0.3) is 0 Å². The minimum Gasteiger partial charge on any atom is -0.417 e. The molecule has 3 heteroatoms. The van der Waals surface area contributed by atoms with Crippen molar-refractivity contribution in [2.24, 2.45) is 5.92 Å². The van der Waals surface area contributed by atoms with Crippen LogP contribution in [0.2, 0.25) is 18.1 Å². The summed E-state index contributed by atoms with van der Waals surface area (Å²) in [4.78, 5) is 10.4. The van der Waals surface area contributed by atoms with E-state index in [0.717, 1.165) is 25.7 Å². The molecule has 0 spiro atoms. The summed E-state index contributed by atoms with van der Waals surface area (Å²) < 4.78 is 6.01.